The van der Waals surface area contributed by atoms with E-state index in [1.54, 1.807) is 0 Å². The molecule has 3 saturated heterocycles. The molecule has 3 aromatic rings. The first-order valence-corrected chi connectivity index (χ1v) is 12.2. The Labute approximate surface area is 203 Å². The number of carbonyl (C=O) groups is 1. The van der Waals surface area contributed by atoms with Crippen molar-refractivity contribution >= 4 is 23.3 Å². The second kappa shape index (κ2) is 7.16. The molecule has 6 heterocycles. The maximum Gasteiger partial charge on any atom is 0.315 e. The van der Waals surface area contributed by atoms with Crippen LogP contribution in [0.5, 0.6) is 0 Å². The molecule has 11 nitrogen and oxygen atoms in total. The lowest BCUT2D eigenvalue weighted by molar-refractivity contribution is -0.177. The minimum Gasteiger partial charge on any atom is -0.459 e. The molecule has 0 radical (unpaired) electrons. The third-order valence-electron chi connectivity index (χ3n) is 7.55. The number of esters is 1. The molecule has 35 heavy (non-hydrogen) atoms. The molecular formula is C24H32N8O3. The van der Waals surface area contributed by atoms with Gasteiger partial charge in [0, 0.05) is 19.5 Å². The zero-order chi connectivity index (χ0) is 24.8. The highest BCUT2D eigenvalue weighted by Gasteiger charge is 2.78. The van der Waals surface area contributed by atoms with Crippen molar-refractivity contribution in [2.24, 2.45) is 11.3 Å². The fraction of sp³-hybridized carbons (Fsp3) is 0.625. The number of ether oxygens (including phenoxy) is 2. The van der Waals surface area contributed by atoms with Gasteiger partial charge in [0.15, 0.2) is 11.5 Å². The molecule has 0 aromatic carbocycles. The van der Waals surface area contributed by atoms with E-state index in [1.807, 2.05) is 38.4 Å². The standard InChI is InChI=1S/C24H32N8O3/c1-13-6-7-31(9-13)15-8-14(2)18-27-19(30-32(18)10-15)24-11-23(12-34-24,20(33)35-22(3,4)5)16(24)17-26-21(25)29-28-17/h8,10,13,16H,6-7,9,11-12H2,1-5H3,(H3,25,26,28,29)/t13-,16?,23?,24?/m1/s1. The predicted molar refractivity (Wildman–Crippen MR) is 128 cm³/mol. The number of nitrogen functional groups attached to an aromatic ring is 1. The normalized spacial score (nSPS) is 30.1. The SMILES string of the molecule is Cc1cc(N2CC[C@@H](C)C2)cn2nc(C34CC(C(=O)OC(C)(C)C)(CO3)C4c3nc(N)n[nH]3)nc12. The van der Waals surface area contributed by atoms with Gasteiger partial charge in [-0.05, 0) is 51.7 Å². The van der Waals surface area contributed by atoms with Crippen molar-refractivity contribution in [3.63, 3.8) is 0 Å². The number of carbonyl (C=O) groups excluding carboxylic acids is 1. The number of rotatable bonds is 4. The van der Waals surface area contributed by atoms with Gasteiger partial charge >= 0.3 is 5.97 Å². The highest BCUT2D eigenvalue weighted by atomic mass is 16.6. The number of anilines is 2. The number of nitrogens with one attached hydrogen (secondary N) is 1. The molecule has 186 valence electrons. The molecule has 3 N–H and O–H groups in total. The first-order chi connectivity index (χ1) is 16.5. The number of pyridine rings is 1. The Morgan fingerprint density at radius 1 is 1.34 bits per heavy atom. The number of hydrogen-bond donors (Lipinski definition) is 2. The lowest BCUT2D eigenvalue weighted by atomic mass is 9.53. The number of fused-ring (bicyclic) bond motifs is 2. The Bertz CT molecular complexity index is 1330. The van der Waals surface area contributed by atoms with Crippen molar-refractivity contribution in [2.45, 2.75) is 64.6 Å². The maximum absolute atomic E-state index is 13.4. The minimum atomic E-state index is -0.913. The summed E-state index contributed by atoms with van der Waals surface area (Å²) in [5, 5.41) is 11.8. The van der Waals surface area contributed by atoms with Crippen LogP contribution in [-0.4, -0.2) is 61.0 Å². The molecule has 3 aliphatic heterocycles. The van der Waals surface area contributed by atoms with Crippen molar-refractivity contribution in [1.29, 1.82) is 0 Å². The van der Waals surface area contributed by atoms with Crippen LogP contribution in [0.15, 0.2) is 12.3 Å². The van der Waals surface area contributed by atoms with E-state index in [9.17, 15) is 4.79 Å². The van der Waals surface area contributed by atoms with Gasteiger partial charge in [0.05, 0.1) is 24.4 Å². The van der Waals surface area contributed by atoms with Crippen LogP contribution in [0.2, 0.25) is 0 Å². The topological polar surface area (TPSA) is 137 Å². The number of aryl methyl sites for hydroxylation is 1. The minimum absolute atomic E-state index is 0.115. The molecule has 7 rings (SSSR count). The zero-order valence-corrected chi connectivity index (χ0v) is 20.8. The smallest absolute Gasteiger partial charge is 0.315 e. The van der Waals surface area contributed by atoms with E-state index in [0.29, 0.717) is 24.0 Å². The molecule has 1 aliphatic carbocycles. The third kappa shape index (κ3) is 3.24. The molecule has 1 saturated carbocycles. The summed E-state index contributed by atoms with van der Waals surface area (Å²) in [5.41, 5.74) is 6.33. The highest BCUT2D eigenvalue weighted by Crippen LogP contribution is 2.71. The lowest BCUT2D eigenvalue weighted by Gasteiger charge is -2.48. The fourth-order valence-electron chi connectivity index (χ4n) is 5.97. The first kappa shape index (κ1) is 22.3. The average molecular weight is 481 g/mol. The van der Waals surface area contributed by atoms with Gasteiger partial charge in [-0.15, -0.1) is 10.2 Å². The average Bonchev–Trinajstić information content (AvgIpc) is 3.54. The van der Waals surface area contributed by atoms with E-state index < -0.39 is 22.5 Å². The summed E-state index contributed by atoms with van der Waals surface area (Å²) >= 11 is 0. The molecule has 4 atom stereocenters. The van der Waals surface area contributed by atoms with Crippen molar-refractivity contribution < 1.29 is 14.3 Å². The number of nitrogens with zero attached hydrogens (tertiary/aromatic N) is 6. The number of hydrogen-bond acceptors (Lipinski definition) is 9. The van der Waals surface area contributed by atoms with Gasteiger partial charge in [-0.3, -0.25) is 9.89 Å². The van der Waals surface area contributed by atoms with Crippen LogP contribution in [0, 0.1) is 18.3 Å². The van der Waals surface area contributed by atoms with Crippen molar-refractivity contribution in [2.75, 3.05) is 30.3 Å². The van der Waals surface area contributed by atoms with E-state index in [2.05, 4.69) is 33.1 Å². The van der Waals surface area contributed by atoms with Crippen LogP contribution in [0.4, 0.5) is 11.6 Å². The van der Waals surface area contributed by atoms with Gasteiger partial charge in [0.2, 0.25) is 5.95 Å². The van der Waals surface area contributed by atoms with Crippen molar-refractivity contribution in [1.82, 2.24) is 29.8 Å². The van der Waals surface area contributed by atoms with E-state index >= 15 is 0 Å². The van der Waals surface area contributed by atoms with Crippen LogP contribution in [0.3, 0.4) is 0 Å². The highest BCUT2D eigenvalue weighted by molar-refractivity contribution is 5.82. The second-order valence-corrected chi connectivity index (χ2v) is 11.4. The van der Waals surface area contributed by atoms with Crippen LogP contribution in [0.25, 0.3) is 5.65 Å². The monoisotopic (exact) mass is 480 g/mol. The molecule has 4 fully saturated rings. The summed E-state index contributed by atoms with van der Waals surface area (Å²) in [7, 11) is 0. The quantitative estimate of drug-likeness (QED) is 0.539. The Balaban J connectivity index is 1.41. The van der Waals surface area contributed by atoms with E-state index in [1.165, 1.54) is 6.42 Å². The van der Waals surface area contributed by atoms with Crippen LogP contribution in [-0.2, 0) is 19.9 Å². The van der Waals surface area contributed by atoms with Gasteiger partial charge in [-0.25, -0.2) is 9.50 Å². The Kier molecular flexibility index (Phi) is 4.55. The predicted octanol–water partition coefficient (Wildman–Crippen LogP) is 2.33. The lowest BCUT2D eigenvalue weighted by Crippen LogP contribution is -2.57. The molecule has 3 unspecified atom stereocenters. The Morgan fingerprint density at radius 2 is 2.14 bits per heavy atom. The van der Waals surface area contributed by atoms with Crippen LogP contribution in [0.1, 0.15) is 63.7 Å². The third-order valence-corrected chi connectivity index (χ3v) is 7.55. The Hall–Kier alpha value is -3.21. The van der Waals surface area contributed by atoms with E-state index in [4.69, 9.17) is 25.3 Å². The number of aromatic nitrogens is 6. The van der Waals surface area contributed by atoms with Gasteiger partial charge in [-0.1, -0.05) is 6.92 Å². The van der Waals surface area contributed by atoms with Gasteiger partial charge in [0.25, 0.3) is 0 Å². The fourth-order valence-corrected chi connectivity index (χ4v) is 5.97. The van der Waals surface area contributed by atoms with Crippen molar-refractivity contribution in [3.05, 3.63) is 29.5 Å². The Morgan fingerprint density at radius 3 is 2.80 bits per heavy atom. The van der Waals surface area contributed by atoms with Gasteiger partial charge in [0.1, 0.15) is 22.4 Å². The number of aromatic amines is 1. The van der Waals surface area contributed by atoms with Gasteiger partial charge in [-0.2, -0.15) is 4.98 Å². The van der Waals surface area contributed by atoms with E-state index in [0.717, 1.165) is 30.0 Å². The summed E-state index contributed by atoms with van der Waals surface area (Å²) < 4.78 is 14.0. The summed E-state index contributed by atoms with van der Waals surface area (Å²) in [6.45, 7) is 12.2. The first-order valence-electron chi connectivity index (χ1n) is 12.2. The van der Waals surface area contributed by atoms with Crippen LogP contribution >= 0.6 is 0 Å². The molecule has 4 aliphatic rings. The number of H-pyrrole nitrogens is 1. The van der Waals surface area contributed by atoms with Crippen LogP contribution < -0.4 is 10.6 Å². The summed E-state index contributed by atoms with van der Waals surface area (Å²) in [4.78, 5) is 25.0. The van der Waals surface area contributed by atoms with Crippen molar-refractivity contribution in [3.8, 4) is 0 Å². The summed E-state index contributed by atoms with van der Waals surface area (Å²) in [6, 6.07) is 2.17. The molecule has 0 amide bonds. The second-order valence-electron chi connectivity index (χ2n) is 11.4. The summed E-state index contributed by atoms with van der Waals surface area (Å²) in [6.07, 6.45) is 3.63. The molecule has 0 spiro atoms. The number of nitrogens with two attached hydrogens (primary N) is 1. The zero-order valence-electron chi connectivity index (χ0n) is 20.8. The molecule has 11 heteroatoms. The largest absolute Gasteiger partial charge is 0.459 e. The molecular weight excluding hydrogens is 448 g/mol. The van der Waals surface area contributed by atoms with Gasteiger partial charge < -0.3 is 20.1 Å². The molecule has 3 aromatic heterocycles. The summed E-state index contributed by atoms with van der Waals surface area (Å²) in [5.74, 6) is 1.01. The molecule has 2 bridgehead atoms. The maximum atomic E-state index is 13.4. The van der Waals surface area contributed by atoms with E-state index in [-0.39, 0.29) is 18.5 Å².